The van der Waals surface area contributed by atoms with E-state index >= 15 is 0 Å². The molecule has 0 N–H and O–H groups in total. The average molecular weight is 447 g/mol. The van der Waals surface area contributed by atoms with Gasteiger partial charge in [0.25, 0.3) is 0 Å². The minimum absolute atomic E-state index is 0.000671. The summed E-state index contributed by atoms with van der Waals surface area (Å²) in [6, 6.07) is 28.8. The van der Waals surface area contributed by atoms with E-state index < -0.39 is 15.9 Å². The van der Waals surface area contributed by atoms with Gasteiger partial charge in [0.05, 0.1) is 5.92 Å². The third-order valence-electron chi connectivity index (χ3n) is 5.65. The van der Waals surface area contributed by atoms with Crippen molar-refractivity contribution in [1.29, 1.82) is 0 Å². The van der Waals surface area contributed by atoms with Crippen molar-refractivity contribution < 1.29 is 13.2 Å². The van der Waals surface area contributed by atoms with Crippen LogP contribution in [0.3, 0.4) is 0 Å². The number of hydrogen-bond acceptors (Lipinski definition) is 3. The molecule has 1 saturated heterocycles. The predicted molar refractivity (Wildman–Crippen MR) is 127 cm³/mol. The molecule has 0 unspecified atom stereocenters. The van der Waals surface area contributed by atoms with Crippen molar-refractivity contribution in [2.24, 2.45) is 0 Å². The lowest BCUT2D eigenvalue weighted by Gasteiger charge is -2.35. The number of piperazine rings is 1. The number of carbonyl (C=O) groups excluding carboxylic acids is 1. The van der Waals surface area contributed by atoms with Gasteiger partial charge in [0.2, 0.25) is 15.9 Å². The lowest BCUT2D eigenvalue weighted by molar-refractivity contribution is -0.133. The zero-order chi connectivity index (χ0) is 22.4. The molecule has 0 bridgehead atoms. The van der Waals surface area contributed by atoms with Gasteiger partial charge in [-0.15, -0.1) is 0 Å². The van der Waals surface area contributed by atoms with Crippen LogP contribution in [0.15, 0.2) is 96.4 Å². The predicted octanol–water partition coefficient (Wildman–Crippen LogP) is 3.96. The molecule has 1 amide bonds. The summed E-state index contributed by atoms with van der Waals surface area (Å²) < 4.78 is 26.9. The maximum atomic E-state index is 13.5. The molecule has 1 aliphatic rings. The van der Waals surface area contributed by atoms with Gasteiger partial charge in [-0.1, -0.05) is 91.0 Å². The third kappa shape index (κ3) is 5.15. The zero-order valence-electron chi connectivity index (χ0n) is 17.7. The van der Waals surface area contributed by atoms with Crippen molar-refractivity contribution >= 4 is 22.0 Å². The van der Waals surface area contributed by atoms with Crippen LogP contribution >= 0.6 is 0 Å². The minimum atomic E-state index is -3.54. The average Bonchev–Trinajstić information content (AvgIpc) is 2.85. The molecule has 164 valence electrons. The molecule has 6 heteroatoms. The van der Waals surface area contributed by atoms with E-state index in [1.807, 2.05) is 91.0 Å². The molecule has 0 saturated carbocycles. The molecule has 3 aromatic rings. The maximum Gasteiger partial charge on any atom is 0.236 e. The van der Waals surface area contributed by atoms with Gasteiger partial charge in [0.1, 0.15) is 0 Å². The summed E-state index contributed by atoms with van der Waals surface area (Å²) in [4.78, 5) is 15.3. The van der Waals surface area contributed by atoms with E-state index in [-0.39, 0.29) is 19.0 Å². The van der Waals surface area contributed by atoms with Crippen molar-refractivity contribution in [3.63, 3.8) is 0 Å². The first kappa shape index (κ1) is 22.0. The quantitative estimate of drug-likeness (QED) is 0.576. The lowest BCUT2D eigenvalue weighted by atomic mass is 9.90. The highest BCUT2D eigenvalue weighted by Crippen LogP contribution is 2.27. The molecule has 1 aliphatic heterocycles. The Morgan fingerprint density at radius 2 is 1.19 bits per heavy atom. The van der Waals surface area contributed by atoms with Crippen molar-refractivity contribution in [3.05, 3.63) is 113 Å². The molecule has 0 atom stereocenters. The van der Waals surface area contributed by atoms with Gasteiger partial charge in [0.15, 0.2) is 0 Å². The summed E-state index contributed by atoms with van der Waals surface area (Å²) in [6.07, 6.45) is 1.60. The van der Waals surface area contributed by atoms with Crippen LogP contribution in [-0.4, -0.2) is 49.7 Å². The highest BCUT2D eigenvalue weighted by Gasteiger charge is 2.32. The Balaban J connectivity index is 1.47. The van der Waals surface area contributed by atoms with Gasteiger partial charge < -0.3 is 4.90 Å². The summed E-state index contributed by atoms with van der Waals surface area (Å²) in [5.74, 6) is -0.405. The van der Waals surface area contributed by atoms with E-state index in [0.717, 1.165) is 16.7 Å². The molecule has 1 heterocycles. The molecule has 5 nitrogen and oxygen atoms in total. The molecule has 0 aliphatic carbocycles. The van der Waals surface area contributed by atoms with E-state index in [0.29, 0.717) is 13.1 Å². The highest BCUT2D eigenvalue weighted by molar-refractivity contribution is 7.92. The number of sulfonamides is 1. The topological polar surface area (TPSA) is 57.7 Å². The normalized spacial score (nSPS) is 15.3. The fourth-order valence-corrected chi connectivity index (χ4v) is 5.10. The Morgan fingerprint density at radius 3 is 1.69 bits per heavy atom. The van der Waals surface area contributed by atoms with Gasteiger partial charge in [-0.05, 0) is 22.8 Å². The summed E-state index contributed by atoms with van der Waals surface area (Å²) in [7, 11) is -3.54. The smallest absolute Gasteiger partial charge is 0.236 e. The van der Waals surface area contributed by atoms with Gasteiger partial charge in [-0.2, -0.15) is 4.31 Å². The van der Waals surface area contributed by atoms with Crippen LogP contribution in [0, 0.1) is 0 Å². The summed E-state index contributed by atoms with van der Waals surface area (Å²) in [5.41, 5.74) is 2.70. The lowest BCUT2D eigenvalue weighted by Crippen LogP contribution is -2.51. The number of nitrogens with zero attached hydrogens (tertiary/aromatic N) is 2. The standard InChI is InChI=1S/C26H26N2O3S/c29-26(25(23-12-6-2-7-13-23)24-14-8-3-9-15-24)27-17-19-28(20-18-27)32(30,31)21-16-22-10-4-1-5-11-22/h1-16,21,25H,17-20H2/b21-16+. The Morgan fingerprint density at radius 1 is 0.719 bits per heavy atom. The van der Waals surface area contributed by atoms with Crippen LogP contribution in [0.5, 0.6) is 0 Å². The maximum absolute atomic E-state index is 13.5. The number of rotatable bonds is 6. The van der Waals surface area contributed by atoms with Crippen LogP contribution in [0.4, 0.5) is 0 Å². The first-order valence-electron chi connectivity index (χ1n) is 10.7. The van der Waals surface area contributed by atoms with E-state index in [4.69, 9.17) is 0 Å². The molecule has 32 heavy (non-hydrogen) atoms. The molecular weight excluding hydrogens is 420 g/mol. The SMILES string of the molecule is O=C(C(c1ccccc1)c1ccccc1)N1CCN(S(=O)(=O)/C=C/c2ccccc2)CC1. The zero-order valence-corrected chi connectivity index (χ0v) is 18.6. The Kier molecular flexibility index (Phi) is 6.83. The van der Waals surface area contributed by atoms with Crippen LogP contribution in [-0.2, 0) is 14.8 Å². The van der Waals surface area contributed by atoms with Gasteiger partial charge >= 0.3 is 0 Å². The fraction of sp³-hybridized carbons (Fsp3) is 0.192. The summed E-state index contributed by atoms with van der Waals surface area (Å²) in [5, 5.41) is 1.25. The van der Waals surface area contributed by atoms with Crippen LogP contribution < -0.4 is 0 Å². The van der Waals surface area contributed by atoms with Gasteiger partial charge in [0, 0.05) is 31.6 Å². The van der Waals surface area contributed by atoms with Gasteiger partial charge in [-0.25, -0.2) is 8.42 Å². The minimum Gasteiger partial charge on any atom is -0.339 e. The van der Waals surface area contributed by atoms with Crippen molar-refractivity contribution in [3.8, 4) is 0 Å². The van der Waals surface area contributed by atoms with E-state index in [2.05, 4.69) is 0 Å². The van der Waals surface area contributed by atoms with Crippen LogP contribution in [0.25, 0.3) is 6.08 Å². The second kappa shape index (κ2) is 9.94. The van der Waals surface area contributed by atoms with E-state index in [1.165, 1.54) is 9.71 Å². The molecule has 1 fully saturated rings. The molecule has 4 rings (SSSR count). The molecular formula is C26H26N2O3S. The van der Waals surface area contributed by atoms with Crippen LogP contribution in [0.1, 0.15) is 22.6 Å². The molecule has 3 aromatic carbocycles. The van der Waals surface area contributed by atoms with E-state index in [9.17, 15) is 13.2 Å². The monoisotopic (exact) mass is 446 g/mol. The largest absolute Gasteiger partial charge is 0.339 e. The number of hydrogen-bond donors (Lipinski definition) is 0. The molecule has 0 radical (unpaired) electrons. The van der Waals surface area contributed by atoms with Gasteiger partial charge in [-0.3, -0.25) is 4.79 Å². The van der Waals surface area contributed by atoms with E-state index in [1.54, 1.807) is 11.0 Å². The third-order valence-corrected chi connectivity index (χ3v) is 7.22. The summed E-state index contributed by atoms with van der Waals surface area (Å²) >= 11 is 0. The number of benzene rings is 3. The molecule has 0 aromatic heterocycles. The number of amides is 1. The highest BCUT2D eigenvalue weighted by atomic mass is 32.2. The first-order chi connectivity index (χ1) is 15.5. The summed E-state index contributed by atoms with van der Waals surface area (Å²) in [6.45, 7) is 1.30. The Bertz CT molecular complexity index is 1120. The second-order valence-electron chi connectivity index (χ2n) is 7.74. The van der Waals surface area contributed by atoms with Crippen molar-refractivity contribution in [2.75, 3.05) is 26.2 Å². The Labute approximate surface area is 189 Å². The Hall–Kier alpha value is -3.22. The van der Waals surface area contributed by atoms with Crippen molar-refractivity contribution in [2.45, 2.75) is 5.92 Å². The first-order valence-corrected chi connectivity index (χ1v) is 12.2. The van der Waals surface area contributed by atoms with Crippen LogP contribution in [0.2, 0.25) is 0 Å². The van der Waals surface area contributed by atoms with Crippen molar-refractivity contribution in [1.82, 2.24) is 9.21 Å². The molecule has 0 spiro atoms. The second-order valence-corrected chi connectivity index (χ2v) is 9.56. The number of carbonyl (C=O) groups is 1. The fourth-order valence-electron chi connectivity index (χ4n) is 3.93.